The van der Waals surface area contributed by atoms with Gasteiger partial charge in [0, 0.05) is 18.2 Å². The molecule has 0 aliphatic rings. The molecule has 0 radical (unpaired) electrons. The maximum atomic E-state index is 13.7. The van der Waals surface area contributed by atoms with Gasteiger partial charge in [-0.25, -0.2) is 4.39 Å². The first-order valence-electron chi connectivity index (χ1n) is 4.89. The van der Waals surface area contributed by atoms with E-state index in [4.69, 9.17) is 20.3 Å². The highest BCUT2D eigenvalue weighted by Gasteiger charge is 2.23. The number of nitrogens with two attached hydrogens (primary N) is 1. The quantitative estimate of drug-likeness (QED) is 0.805. The lowest BCUT2D eigenvalue weighted by atomic mass is 9.98. The van der Waals surface area contributed by atoms with Gasteiger partial charge < -0.3 is 20.3 Å². The highest BCUT2D eigenvalue weighted by atomic mass is 19.1. The summed E-state index contributed by atoms with van der Waals surface area (Å²) in [5.41, 5.74) is 5.30. The Labute approximate surface area is 97.9 Å². The number of carboxylic acid groups (broad SMARTS) is 1. The predicted octanol–water partition coefficient (Wildman–Crippen LogP) is 0.970. The van der Waals surface area contributed by atoms with E-state index in [1.165, 1.54) is 20.3 Å². The van der Waals surface area contributed by atoms with Crippen molar-refractivity contribution in [1.82, 2.24) is 0 Å². The third-order valence-electron chi connectivity index (χ3n) is 2.41. The van der Waals surface area contributed by atoms with Crippen LogP contribution in [0.3, 0.4) is 0 Å². The van der Waals surface area contributed by atoms with Crippen molar-refractivity contribution in [2.24, 2.45) is 5.73 Å². The van der Waals surface area contributed by atoms with Crippen LogP contribution in [0.1, 0.15) is 11.5 Å². The van der Waals surface area contributed by atoms with E-state index in [0.29, 0.717) is 0 Å². The van der Waals surface area contributed by atoms with Crippen molar-refractivity contribution in [3.05, 3.63) is 23.5 Å². The van der Waals surface area contributed by atoms with Crippen molar-refractivity contribution < 1.29 is 23.8 Å². The summed E-state index contributed by atoms with van der Waals surface area (Å²) in [5, 5.41) is 8.92. The lowest BCUT2D eigenvalue weighted by Gasteiger charge is -2.14. The summed E-state index contributed by atoms with van der Waals surface area (Å²) < 4.78 is 23.6. The van der Waals surface area contributed by atoms with Gasteiger partial charge in [0.05, 0.1) is 20.1 Å². The van der Waals surface area contributed by atoms with E-state index in [1.54, 1.807) is 0 Å². The van der Waals surface area contributed by atoms with Crippen LogP contribution >= 0.6 is 0 Å². The van der Waals surface area contributed by atoms with Crippen molar-refractivity contribution in [2.75, 3.05) is 20.8 Å². The molecule has 1 rings (SSSR count). The standard InChI is InChI=1S/C11H14FNO4/c1-16-9-3-6(7(5-13)11(14)15)8(12)4-10(9)17-2/h3-4,7H,5,13H2,1-2H3,(H,14,15). The minimum Gasteiger partial charge on any atom is -0.493 e. The average molecular weight is 243 g/mol. The molecule has 6 heteroatoms. The number of aliphatic carboxylic acids is 1. The molecule has 1 aromatic carbocycles. The fraction of sp³-hybridized carbons (Fsp3) is 0.364. The summed E-state index contributed by atoms with van der Waals surface area (Å²) in [6.07, 6.45) is 0. The Hall–Kier alpha value is -1.82. The van der Waals surface area contributed by atoms with Crippen LogP contribution in [0.2, 0.25) is 0 Å². The molecule has 0 amide bonds. The fourth-order valence-electron chi connectivity index (χ4n) is 1.50. The van der Waals surface area contributed by atoms with Crippen LogP contribution in [0.25, 0.3) is 0 Å². The number of hydrogen-bond donors (Lipinski definition) is 2. The predicted molar refractivity (Wildman–Crippen MR) is 58.9 cm³/mol. The monoisotopic (exact) mass is 243 g/mol. The number of carbonyl (C=O) groups is 1. The summed E-state index contributed by atoms with van der Waals surface area (Å²) in [6.45, 7) is -0.193. The molecule has 0 saturated carbocycles. The molecule has 5 nitrogen and oxygen atoms in total. The number of methoxy groups -OCH3 is 2. The lowest BCUT2D eigenvalue weighted by Crippen LogP contribution is -2.22. The normalized spacial score (nSPS) is 12.0. The van der Waals surface area contributed by atoms with E-state index < -0.39 is 17.7 Å². The fourth-order valence-corrected chi connectivity index (χ4v) is 1.50. The minimum absolute atomic E-state index is 0.0161. The molecule has 1 unspecified atom stereocenters. The molecule has 0 aliphatic heterocycles. The molecular formula is C11H14FNO4. The van der Waals surface area contributed by atoms with Crippen molar-refractivity contribution in [1.29, 1.82) is 0 Å². The molecule has 0 saturated heterocycles. The zero-order valence-corrected chi connectivity index (χ0v) is 9.57. The van der Waals surface area contributed by atoms with Crippen molar-refractivity contribution in [3.63, 3.8) is 0 Å². The molecule has 0 spiro atoms. The first-order chi connectivity index (χ1) is 8.04. The average Bonchev–Trinajstić information content (AvgIpc) is 2.31. The van der Waals surface area contributed by atoms with E-state index in [-0.39, 0.29) is 23.6 Å². The van der Waals surface area contributed by atoms with E-state index in [0.717, 1.165) is 6.07 Å². The summed E-state index contributed by atoms with van der Waals surface area (Å²) in [7, 11) is 2.76. The van der Waals surface area contributed by atoms with E-state index in [2.05, 4.69) is 0 Å². The molecule has 0 aliphatic carbocycles. The second-order valence-electron chi connectivity index (χ2n) is 3.36. The largest absolute Gasteiger partial charge is 0.493 e. The number of benzene rings is 1. The van der Waals surface area contributed by atoms with Crippen molar-refractivity contribution >= 4 is 5.97 Å². The molecule has 0 aromatic heterocycles. The van der Waals surface area contributed by atoms with Crippen molar-refractivity contribution in [3.8, 4) is 11.5 Å². The van der Waals surface area contributed by atoms with Gasteiger partial charge in [-0.1, -0.05) is 0 Å². The van der Waals surface area contributed by atoms with Crippen LogP contribution in [-0.2, 0) is 4.79 Å². The lowest BCUT2D eigenvalue weighted by molar-refractivity contribution is -0.138. The third kappa shape index (κ3) is 2.65. The van der Waals surface area contributed by atoms with E-state index in [9.17, 15) is 9.18 Å². The molecule has 1 aromatic rings. The summed E-state index contributed by atoms with van der Waals surface area (Å²) in [5.74, 6) is -2.49. The molecule has 1 atom stereocenters. The first kappa shape index (κ1) is 13.2. The molecule has 0 fully saturated rings. The van der Waals surface area contributed by atoms with Gasteiger partial charge in [0.15, 0.2) is 11.5 Å². The van der Waals surface area contributed by atoms with Gasteiger partial charge in [-0.15, -0.1) is 0 Å². The van der Waals surface area contributed by atoms with Crippen LogP contribution in [0, 0.1) is 5.82 Å². The van der Waals surface area contributed by atoms with Gasteiger partial charge in [-0.2, -0.15) is 0 Å². The molecular weight excluding hydrogens is 229 g/mol. The number of carboxylic acids is 1. The molecule has 17 heavy (non-hydrogen) atoms. The summed E-state index contributed by atoms with van der Waals surface area (Å²) >= 11 is 0. The van der Waals surface area contributed by atoms with E-state index in [1.807, 2.05) is 0 Å². The Morgan fingerprint density at radius 2 is 1.94 bits per heavy atom. The van der Waals surface area contributed by atoms with Gasteiger partial charge in [-0.3, -0.25) is 4.79 Å². The number of rotatable bonds is 5. The Kier molecular flexibility index (Phi) is 4.28. The molecule has 94 valence electrons. The topological polar surface area (TPSA) is 81.8 Å². The second-order valence-corrected chi connectivity index (χ2v) is 3.36. The number of ether oxygens (including phenoxy) is 2. The maximum absolute atomic E-state index is 13.7. The van der Waals surface area contributed by atoms with Gasteiger partial charge in [-0.05, 0) is 6.07 Å². The molecule has 0 heterocycles. The molecule has 3 N–H and O–H groups in total. The maximum Gasteiger partial charge on any atom is 0.312 e. The third-order valence-corrected chi connectivity index (χ3v) is 2.41. The minimum atomic E-state index is -1.18. The summed E-state index contributed by atoms with van der Waals surface area (Å²) in [4.78, 5) is 10.9. The Bertz CT molecular complexity index is 422. The smallest absolute Gasteiger partial charge is 0.312 e. The Morgan fingerprint density at radius 1 is 1.41 bits per heavy atom. The van der Waals surface area contributed by atoms with Gasteiger partial charge in [0.1, 0.15) is 5.82 Å². The number of hydrogen-bond acceptors (Lipinski definition) is 4. The van der Waals surface area contributed by atoms with Gasteiger partial charge in [0.2, 0.25) is 0 Å². The SMILES string of the molecule is COc1cc(F)c(C(CN)C(=O)O)cc1OC. The van der Waals surface area contributed by atoms with Crippen LogP contribution in [0.4, 0.5) is 4.39 Å². The van der Waals surface area contributed by atoms with Crippen molar-refractivity contribution in [2.45, 2.75) is 5.92 Å². The van der Waals surface area contributed by atoms with Gasteiger partial charge >= 0.3 is 5.97 Å². The molecule has 0 bridgehead atoms. The van der Waals surface area contributed by atoms with Crippen LogP contribution in [0.5, 0.6) is 11.5 Å². The van der Waals surface area contributed by atoms with E-state index >= 15 is 0 Å². The number of halogens is 1. The Morgan fingerprint density at radius 3 is 2.35 bits per heavy atom. The highest BCUT2D eigenvalue weighted by Crippen LogP contribution is 2.32. The van der Waals surface area contributed by atoms with Crippen LogP contribution in [0.15, 0.2) is 12.1 Å². The Balaban J connectivity index is 3.29. The highest BCUT2D eigenvalue weighted by molar-refractivity contribution is 5.77. The summed E-state index contributed by atoms with van der Waals surface area (Å²) in [6, 6.07) is 2.37. The van der Waals surface area contributed by atoms with Gasteiger partial charge in [0.25, 0.3) is 0 Å². The zero-order valence-electron chi connectivity index (χ0n) is 9.57. The van der Waals surface area contributed by atoms with Crippen LogP contribution < -0.4 is 15.2 Å². The van der Waals surface area contributed by atoms with Crippen LogP contribution in [-0.4, -0.2) is 31.8 Å². The first-order valence-corrected chi connectivity index (χ1v) is 4.89. The zero-order chi connectivity index (χ0) is 13.0. The second kappa shape index (κ2) is 5.49.